The largest absolute Gasteiger partial charge is 0.497 e. The molecule has 1 heterocycles. The predicted molar refractivity (Wildman–Crippen MR) is 113 cm³/mol. The Labute approximate surface area is 173 Å². The summed E-state index contributed by atoms with van der Waals surface area (Å²) in [5, 5.41) is 12.5. The normalized spacial score (nSPS) is 30.4. The van der Waals surface area contributed by atoms with Gasteiger partial charge in [0.25, 0.3) is 0 Å². The Hall–Kier alpha value is -1.60. The van der Waals surface area contributed by atoms with Crippen molar-refractivity contribution in [2.45, 2.75) is 42.9 Å². The molecule has 0 spiro atoms. The lowest BCUT2D eigenvalue weighted by Crippen LogP contribution is -2.50. The molecule has 7 heteroatoms. The van der Waals surface area contributed by atoms with Crippen molar-refractivity contribution in [3.8, 4) is 5.75 Å². The lowest BCUT2D eigenvalue weighted by molar-refractivity contribution is -0.141. The van der Waals surface area contributed by atoms with Crippen LogP contribution >= 0.6 is 23.1 Å². The quantitative estimate of drug-likeness (QED) is 0.630. The Balaban J connectivity index is 1.19. The minimum atomic E-state index is -0.0172. The van der Waals surface area contributed by atoms with Gasteiger partial charge >= 0.3 is 0 Å². The van der Waals surface area contributed by atoms with E-state index in [0.717, 1.165) is 57.9 Å². The van der Waals surface area contributed by atoms with E-state index in [2.05, 4.69) is 15.5 Å². The number of nitrogens with one attached hydrogen (secondary N) is 1. The number of carbonyl (C=O) groups is 1. The summed E-state index contributed by atoms with van der Waals surface area (Å²) in [4.78, 5) is 13.1. The molecule has 6 rings (SSSR count). The summed E-state index contributed by atoms with van der Waals surface area (Å²) < 4.78 is 6.03. The van der Waals surface area contributed by atoms with Crippen LogP contribution in [0.4, 0.5) is 10.8 Å². The van der Waals surface area contributed by atoms with Crippen LogP contribution in [0.3, 0.4) is 0 Å². The number of hydrogen-bond acceptors (Lipinski definition) is 7. The van der Waals surface area contributed by atoms with Crippen LogP contribution in [0.1, 0.15) is 38.5 Å². The van der Waals surface area contributed by atoms with E-state index < -0.39 is 0 Å². The third kappa shape index (κ3) is 3.54. The van der Waals surface area contributed by atoms with Gasteiger partial charge in [-0.2, -0.15) is 0 Å². The van der Waals surface area contributed by atoms with E-state index in [1.54, 1.807) is 18.9 Å². The van der Waals surface area contributed by atoms with Crippen LogP contribution in [0.15, 0.2) is 28.6 Å². The lowest BCUT2D eigenvalue weighted by Gasteiger charge is -2.56. The maximum atomic E-state index is 13.1. The molecule has 1 N–H and O–H groups in total. The first-order valence-corrected chi connectivity index (χ1v) is 11.8. The van der Waals surface area contributed by atoms with E-state index >= 15 is 0 Å². The Bertz CT molecular complexity index is 830. The zero-order valence-electron chi connectivity index (χ0n) is 16.0. The van der Waals surface area contributed by atoms with Gasteiger partial charge < -0.3 is 10.1 Å². The van der Waals surface area contributed by atoms with E-state index in [4.69, 9.17) is 4.74 Å². The smallest absolute Gasteiger partial charge is 0.210 e. The second-order valence-electron chi connectivity index (χ2n) is 8.64. The Morgan fingerprint density at radius 1 is 1.14 bits per heavy atom. The number of aromatic nitrogens is 2. The molecule has 0 saturated heterocycles. The van der Waals surface area contributed by atoms with Crippen molar-refractivity contribution in [1.29, 1.82) is 0 Å². The Kier molecular flexibility index (Phi) is 4.83. The summed E-state index contributed by atoms with van der Waals surface area (Å²) in [6.45, 7) is 0. The first kappa shape index (κ1) is 18.4. The summed E-state index contributed by atoms with van der Waals surface area (Å²) in [5.74, 6) is 4.23. The molecule has 28 heavy (non-hydrogen) atoms. The number of anilines is 2. The van der Waals surface area contributed by atoms with Gasteiger partial charge in [-0.1, -0.05) is 23.1 Å². The fourth-order valence-electron chi connectivity index (χ4n) is 5.85. The molecule has 0 aliphatic heterocycles. The van der Waals surface area contributed by atoms with Gasteiger partial charge in [0.2, 0.25) is 5.13 Å². The second-order valence-corrected chi connectivity index (χ2v) is 10.8. The van der Waals surface area contributed by atoms with Crippen LogP contribution < -0.4 is 10.1 Å². The van der Waals surface area contributed by atoms with Crippen LogP contribution in [-0.2, 0) is 4.79 Å². The Morgan fingerprint density at radius 2 is 1.79 bits per heavy atom. The van der Waals surface area contributed by atoms with E-state index in [9.17, 15) is 4.79 Å². The fraction of sp³-hybridized carbons (Fsp3) is 0.571. The van der Waals surface area contributed by atoms with Gasteiger partial charge in [-0.15, -0.1) is 10.2 Å². The summed E-state index contributed by atoms with van der Waals surface area (Å²) in [5.41, 5.74) is 0.925. The fourth-order valence-corrected chi connectivity index (χ4v) is 7.66. The molecule has 4 aliphatic rings. The highest BCUT2D eigenvalue weighted by atomic mass is 32.2. The molecular weight excluding hydrogens is 390 g/mol. The van der Waals surface area contributed by atoms with Gasteiger partial charge in [-0.25, -0.2) is 0 Å². The van der Waals surface area contributed by atoms with Gasteiger partial charge in [-0.05, 0) is 80.5 Å². The van der Waals surface area contributed by atoms with Gasteiger partial charge in [-0.3, -0.25) is 4.79 Å². The number of thioether (sulfide) groups is 1. The summed E-state index contributed by atoms with van der Waals surface area (Å²) >= 11 is 3.05. The van der Waals surface area contributed by atoms with Crippen LogP contribution in [-0.4, -0.2) is 28.8 Å². The average Bonchev–Trinajstić information content (AvgIpc) is 3.13. The van der Waals surface area contributed by atoms with E-state index in [0.29, 0.717) is 11.5 Å². The lowest BCUT2D eigenvalue weighted by atomic mass is 9.48. The molecule has 1 aromatic heterocycles. The molecule has 4 saturated carbocycles. The minimum absolute atomic E-state index is 0.0172. The summed E-state index contributed by atoms with van der Waals surface area (Å²) in [6.07, 6.45) is 7.53. The van der Waals surface area contributed by atoms with Crippen molar-refractivity contribution in [3.63, 3.8) is 0 Å². The van der Waals surface area contributed by atoms with Gasteiger partial charge in [0.1, 0.15) is 11.5 Å². The monoisotopic (exact) mass is 415 g/mol. The van der Waals surface area contributed by atoms with E-state index in [1.807, 2.05) is 24.3 Å². The molecule has 0 atom stereocenters. The number of rotatable bonds is 7. The van der Waals surface area contributed by atoms with Crippen LogP contribution in [0.25, 0.3) is 0 Å². The van der Waals surface area contributed by atoms with Crippen LogP contribution in [0, 0.1) is 23.2 Å². The molecule has 1 aromatic carbocycles. The third-order valence-corrected chi connectivity index (χ3v) is 8.68. The molecule has 2 aromatic rings. The van der Waals surface area contributed by atoms with Crippen molar-refractivity contribution in [2.75, 3.05) is 18.2 Å². The molecule has 5 nitrogen and oxygen atoms in total. The minimum Gasteiger partial charge on any atom is -0.497 e. The topological polar surface area (TPSA) is 64.1 Å². The second kappa shape index (κ2) is 7.34. The van der Waals surface area contributed by atoms with Crippen molar-refractivity contribution in [2.24, 2.45) is 23.2 Å². The maximum Gasteiger partial charge on any atom is 0.210 e. The number of benzene rings is 1. The first-order valence-electron chi connectivity index (χ1n) is 10.0. The SMILES string of the molecule is COc1ccc(Nc2nnc(SCC(=O)C34CC5CC(CC(C5)C3)C4)s2)cc1. The number of nitrogens with zero attached hydrogens (tertiary/aromatic N) is 2. The highest BCUT2D eigenvalue weighted by Crippen LogP contribution is 2.60. The number of carbonyl (C=O) groups excluding carboxylic acids is 1. The molecule has 0 unspecified atom stereocenters. The van der Waals surface area contributed by atoms with Crippen molar-refractivity contribution >= 4 is 39.7 Å². The zero-order valence-corrected chi connectivity index (χ0v) is 17.7. The number of Topliss-reactive ketones (excluding diaryl/α,β-unsaturated/α-hetero) is 1. The number of methoxy groups -OCH3 is 1. The first-order chi connectivity index (χ1) is 13.6. The van der Waals surface area contributed by atoms with Crippen LogP contribution in [0.5, 0.6) is 5.75 Å². The van der Waals surface area contributed by atoms with E-state index in [1.165, 1.54) is 30.6 Å². The number of ketones is 1. The molecular formula is C21H25N3O2S2. The summed E-state index contributed by atoms with van der Waals surface area (Å²) in [6, 6.07) is 7.71. The molecule has 4 bridgehead atoms. The maximum absolute atomic E-state index is 13.1. The van der Waals surface area contributed by atoms with Crippen molar-refractivity contribution < 1.29 is 9.53 Å². The van der Waals surface area contributed by atoms with Crippen molar-refractivity contribution in [3.05, 3.63) is 24.3 Å². The molecule has 4 aliphatic carbocycles. The Morgan fingerprint density at radius 3 is 2.39 bits per heavy atom. The molecule has 4 fully saturated rings. The summed E-state index contributed by atoms with van der Waals surface area (Å²) in [7, 11) is 1.65. The molecule has 0 radical (unpaired) electrons. The average molecular weight is 416 g/mol. The van der Waals surface area contributed by atoms with Gasteiger partial charge in [0.05, 0.1) is 12.9 Å². The van der Waals surface area contributed by atoms with Crippen molar-refractivity contribution in [1.82, 2.24) is 10.2 Å². The zero-order chi connectivity index (χ0) is 19.1. The third-order valence-electron chi connectivity index (χ3n) is 6.70. The van der Waals surface area contributed by atoms with Gasteiger partial charge in [0.15, 0.2) is 4.34 Å². The number of hydrogen-bond donors (Lipinski definition) is 1. The highest BCUT2D eigenvalue weighted by Gasteiger charge is 2.54. The standard InChI is InChI=1S/C21H25N3O2S2/c1-26-17-4-2-16(3-5-17)22-19-23-24-20(28-19)27-12-18(25)21-9-13-6-14(10-21)8-15(7-13)11-21/h2-5,13-15H,6-12H2,1H3,(H,22,23). The van der Waals surface area contributed by atoms with Crippen LogP contribution in [0.2, 0.25) is 0 Å². The number of ether oxygens (including phenoxy) is 1. The molecule has 0 amide bonds. The van der Waals surface area contributed by atoms with Gasteiger partial charge in [0, 0.05) is 11.1 Å². The predicted octanol–water partition coefficient (Wildman–Crippen LogP) is 5.17. The highest BCUT2D eigenvalue weighted by molar-refractivity contribution is 8.01. The molecule has 148 valence electrons. The van der Waals surface area contributed by atoms with E-state index in [-0.39, 0.29) is 5.41 Å².